The molecule has 0 radical (unpaired) electrons. The Morgan fingerprint density at radius 1 is 1.20 bits per heavy atom. The summed E-state index contributed by atoms with van der Waals surface area (Å²) in [6.45, 7) is 0.416. The highest BCUT2D eigenvalue weighted by atomic mass is 16.6. The Labute approximate surface area is 144 Å². The van der Waals surface area contributed by atoms with Crippen LogP contribution in [0.3, 0.4) is 0 Å². The number of hydrogen-bond acceptors (Lipinski definition) is 6. The first-order valence-corrected chi connectivity index (χ1v) is 7.91. The van der Waals surface area contributed by atoms with Crippen LogP contribution in [-0.4, -0.2) is 63.2 Å². The zero-order valence-electron chi connectivity index (χ0n) is 13.8. The number of carbonyl (C=O) groups is 2. The van der Waals surface area contributed by atoms with Crippen molar-refractivity contribution >= 4 is 17.6 Å². The molecular formula is C16H21N3O6. The Hall–Kier alpha value is -2.36. The summed E-state index contributed by atoms with van der Waals surface area (Å²) in [5.41, 5.74) is 5.72. The minimum Gasteiger partial charge on any atom is -0.497 e. The van der Waals surface area contributed by atoms with E-state index < -0.39 is 5.91 Å². The molecule has 136 valence electrons. The van der Waals surface area contributed by atoms with Gasteiger partial charge in [0, 0.05) is 5.69 Å². The molecule has 4 atom stereocenters. The SMILES string of the molecule is COc1ccc(NC(=O)N[C@H]2CO[C@H]3[C@@H]2OC[C@H]3OCC(N)=O)cc1. The normalized spacial score (nSPS) is 27.6. The summed E-state index contributed by atoms with van der Waals surface area (Å²) in [6, 6.07) is 6.34. The molecule has 0 bridgehead atoms. The number of urea groups is 1. The maximum Gasteiger partial charge on any atom is 0.319 e. The number of ether oxygens (including phenoxy) is 4. The maximum atomic E-state index is 12.2. The summed E-state index contributed by atoms with van der Waals surface area (Å²) >= 11 is 0. The van der Waals surface area contributed by atoms with Crippen molar-refractivity contribution in [3.8, 4) is 5.75 Å². The highest BCUT2D eigenvalue weighted by Gasteiger charge is 2.48. The van der Waals surface area contributed by atoms with Crippen LogP contribution >= 0.6 is 0 Å². The lowest BCUT2D eigenvalue weighted by Crippen LogP contribution is -2.46. The second-order valence-corrected chi connectivity index (χ2v) is 5.85. The Morgan fingerprint density at radius 3 is 2.60 bits per heavy atom. The minimum atomic E-state index is -0.546. The molecule has 0 unspecified atom stereocenters. The van der Waals surface area contributed by atoms with Crippen molar-refractivity contribution in [1.29, 1.82) is 0 Å². The van der Waals surface area contributed by atoms with Gasteiger partial charge in [0.05, 0.1) is 26.4 Å². The smallest absolute Gasteiger partial charge is 0.319 e. The number of fused-ring (bicyclic) bond motifs is 1. The van der Waals surface area contributed by atoms with Crippen molar-refractivity contribution < 1.29 is 28.5 Å². The third-order valence-corrected chi connectivity index (χ3v) is 4.11. The van der Waals surface area contributed by atoms with Gasteiger partial charge in [-0.3, -0.25) is 4.79 Å². The van der Waals surface area contributed by atoms with Crippen molar-refractivity contribution in [3.05, 3.63) is 24.3 Å². The van der Waals surface area contributed by atoms with Crippen molar-refractivity contribution in [2.24, 2.45) is 5.73 Å². The lowest BCUT2D eigenvalue weighted by Gasteiger charge is -2.18. The number of carbonyl (C=O) groups excluding carboxylic acids is 2. The Morgan fingerprint density at radius 2 is 1.92 bits per heavy atom. The fourth-order valence-corrected chi connectivity index (χ4v) is 2.93. The molecule has 9 heteroatoms. The number of nitrogens with two attached hydrogens (primary N) is 1. The van der Waals surface area contributed by atoms with Crippen LogP contribution in [0.25, 0.3) is 0 Å². The first kappa shape index (κ1) is 17.5. The largest absolute Gasteiger partial charge is 0.497 e. The minimum absolute atomic E-state index is 0.184. The maximum absolute atomic E-state index is 12.2. The molecule has 2 saturated heterocycles. The predicted octanol–water partition coefficient (Wildman–Crippen LogP) is -0.147. The average Bonchev–Trinajstić information content (AvgIpc) is 3.17. The number of amides is 3. The molecule has 2 fully saturated rings. The van der Waals surface area contributed by atoms with Crippen LogP contribution in [0.5, 0.6) is 5.75 Å². The summed E-state index contributed by atoms with van der Waals surface area (Å²) < 4.78 is 21.8. The Balaban J connectivity index is 1.50. The lowest BCUT2D eigenvalue weighted by atomic mass is 10.1. The van der Waals surface area contributed by atoms with Gasteiger partial charge in [0.2, 0.25) is 5.91 Å². The molecular weight excluding hydrogens is 330 g/mol. The molecule has 2 aliphatic heterocycles. The molecule has 0 saturated carbocycles. The third-order valence-electron chi connectivity index (χ3n) is 4.11. The summed E-state index contributed by atoms with van der Waals surface area (Å²) in [6.07, 6.45) is -1.01. The average molecular weight is 351 g/mol. The van der Waals surface area contributed by atoms with Crippen LogP contribution in [0.2, 0.25) is 0 Å². The first-order chi connectivity index (χ1) is 12.1. The van der Waals surface area contributed by atoms with Crippen molar-refractivity contribution in [2.45, 2.75) is 24.4 Å². The van der Waals surface area contributed by atoms with Gasteiger partial charge < -0.3 is 35.3 Å². The van der Waals surface area contributed by atoms with E-state index in [9.17, 15) is 9.59 Å². The molecule has 2 aliphatic rings. The molecule has 9 nitrogen and oxygen atoms in total. The van der Waals surface area contributed by atoms with Crippen LogP contribution in [0.15, 0.2) is 24.3 Å². The second kappa shape index (κ2) is 7.68. The van der Waals surface area contributed by atoms with Crippen molar-refractivity contribution in [1.82, 2.24) is 5.32 Å². The molecule has 25 heavy (non-hydrogen) atoms. The molecule has 0 aliphatic carbocycles. The lowest BCUT2D eigenvalue weighted by molar-refractivity contribution is -0.126. The summed E-state index contributed by atoms with van der Waals surface area (Å²) in [7, 11) is 1.58. The molecule has 4 N–H and O–H groups in total. The van der Waals surface area contributed by atoms with E-state index in [-0.39, 0.29) is 37.0 Å². The van der Waals surface area contributed by atoms with Gasteiger partial charge in [0.15, 0.2) is 0 Å². The van der Waals surface area contributed by atoms with Gasteiger partial charge in [0.25, 0.3) is 0 Å². The fraction of sp³-hybridized carbons (Fsp3) is 0.500. The molecule has 0 spiro atoms. The number of nitrogens with one attached hydrogen (secondary N) is 2. The van der Waals surface area contributed by atoms with Crippen molar-refractivity contribution in [2.75, 3.05) is 32.2 Å². The van der Waals surface area contributed by atoms with E-state index in [4.69, 9.17) is 24.7 Å². The van der Waals surface area contributed by atoms with Crippen LogP contribution in [0.4, 0.5) is 10.5 Å². The zero-order chi connectivity index (χ0) is 17.8. The van der Waals surface area contributed by atoms with Crippen molar-refractivity contribution in [3.63, 3.8) is 0 Å². The number of methoxy groups -OCH3 is 1. The number of primary amides is 1. The predicted molar refractivity (Wildman–Crippen MR) is 87.4 cm³/mol. The second-order valence-electron chi connectivity index (χ2n) is 5.85. The van der Waals surface area contributed by atoms with Crippen LogP contribution < -0.4 is 21.1 Å². The highest BCUT2D eigenvalue weighted by molar-refractivity contribution is 5.89. The van der Waals surface area contributed by atoms with E-state index in [0.29, 0.717) is 24.7 Å². The van der Waals surface area contributed by atoms with E-state index >= 15 is 0 Å². The molecule has 3 rings (SSSR count). The summed E-state index contributed by atoms with van der Waals surface area (Å²) in [4.78, 5) is 23.0. The highest BCUT2D eigenvalue weighted by Crippen LogP contribution is 2.29. The number of hydrogen-bond donors (Lipinski definition) is 3. The van der Waals surface area contributed by atoms with Crippen LogP contribution in [0.1, 0.15) is 0 Å². The van der Waals surface area contributed by atoms with Gasteiger partial charge in [-0.15, -0.1) is 0 Å². The topological polar surface area (TPSA) is 121 Å². The monoisotopic (exact) mass is 351 g/mol. The van der Waals surface area contributed by atoms with Gasteiger partial charge in [-0.25, -0.2) is 4.79 Å². The van der Waals surface area contributed by atoms with E-state index in [1.54, 1.807) is 31.4 Å². The third kappa shape index (κ3) is 4.19. The van der Waals surface area contributed by atoms with E-state index in [1.165, 1.54) is 0 Å². The molecule has 2 heterocycles. The van der Waals surface area contributed by atoms with Gasteiger partial charge in [-0.2, -0.15) is 0 Å². The first-order valence-electron chi connectivity index (χ1n) is 7.91. The van der Waals surface area contributed by atoms with E-state index in [2.05, 4.69) is 10.6 Å². The standard InChI is InChI=1S/C16H21N3O6/c1-22-10-4-2-9(3-5-10)18-16(21)19-11-6-24-15-12(7-25-14(11)15)23-8-13(17)20/h2-5,11-12,14-15H,6-8H2,1H3,(H2,17,20)(H2,18,19,21)/t11-,12+,14+,15+/m0/s1. The Bertz CT molecular complexity index is 623. The van der Waals surface area contributed by atoms with Crippen LogP contribution in [-0.2, 0) is 19.0 Å². The molecule has 1 aromatic carbocycles. The number of rotatable bonds is 6. The molecule has 0 aromatic heterocycles. The van der Waals surface area contributed by atoms with Gasteiger partial charge in [0.1, 0.15) is 30.7 Å². The fourth-order valence-electron chi connectivity index (χ4n) is 2.93. The molecule has 3 amide bonds. The van der Waals surface area contributed by atoms with Gasteiger partial charge in [-0.1, -0.05) is 0 Å². The summed E-state index contributed by atoms with van der Waals surface area (Å²) in [5.74, 6) is 0.161. The van der Waals surface area contributed by atoms with Gasteiger partial charge >= 0.3 is 6.03 Å². The van der Waals surface area contributed by atoms with E-state index in [1.807, 2.05) is 0 Å². The Kier molecular flexibility index (Phi) is 5.37. The zero-order valence-corrected chi connectivity index (χ0v) is 13.8. The quantitative estimate of drug-likeness (QED) is 0.656. The molecule has 1 aromatic rings. The van der Waals surface area contributed by atoms with E-state index in [0.717, 1.165) is 0 Å². The van der Waals surface area contributed by atoms with Crippen LogP contribution in [0, 0.1) is 0 Å². The summed E-state index contributed by atoms with van der Waals surface area (Å²) in [5, 5.41) is 5.58. The number of anilines is 1. The van der Waals surface area contributed by atoms with Gasteiger partial charge in [-0.05, 0) is 24.3 Å². The number of benzene rings is 1.